The first-order valence-corrected chi connectivity index (χ1v) is 10.2. The quantitative estimate of drug-likeness (QED) is 0.353. The Kier molecular flexibility index (Phi) is 6.01. The van der Waals surface area contributed by atoms with Crippen LogP contribution in [-0.2, 0) is 24.0 Å². The molecule has 0 aromatic heterocycles. The molecule has 142 valence electrons. The summed E-state index contributed by atoms with van der Waals surface area (Å²) in [7, 11) is -3.55. The number of sulfone groups is 1. The fraction of sp³-hybridized carbons (Fsp3) is 0.474. The lowest BCUT2D eigenvalue weighted by Gasteiger charge is -2.09. The van der Waals surface area contributed by atoms with Crippen molar-refractivity contribution in [1.82, 2.24) is 0 Å². The molecule has 7 heteroatoms. The van der Waals surface area contributed by atoms with Crippen molar-refractivity contribution in [2.45, 2.75) is 37.4 Å². The largest absolute Gasteiger partial charge is 0.495 e. The second kappa shape index (κ2) is 8.24. The average Bonchev–Trinajstić information content (AvgIpc) is 3.54. The van der Waals surface area contributed by atoms with Gasteiger partial charge in [-0.05, 0) is 49.8 Å². The summed E-state index contributed by atoms with van der Waals surface area (Å²) in [4.78, 5) is 0.585. The maximum Gasteiger partial charge on any atom is 0.202 e. The molecule has 0 saturated carbocycles. The second-order valence-electron chi connectivity index (χ2n) is 6.27. The highest BCUT2D eigenvalue weighted by Crippen LogP contribution is 2.25. The molecule has 2 fully saturated rings. The average molecular weight is 380 g/mol. The lowest BCUT2D eigenvalue weighted by Crippen LogP contribution is -2.06. The maximum atomic E-state index is 12.8. The first kappa shape index (κ1) is 18.9. The van der Waals surface area contributed by atoms with Crippen molar-refractivity contribution in [3.63, 3.8) is 0 Å². The van der Waals surface area contributed by atoms with E-state index in [1.165, 1.54) is 0 Å². The summed E-state index contributed by atoms with van der Waals surface area (Å²) in [6.07, 6.45) is 4.02. The molecule has 0 spiro atoms. The third-order valence-corrected chi connectivity index (χ3v) is 6.08. The third-order valence-electron chi connectivity index (χ3n) is 4.07. The Morgan fingerprint density at radius 2 is 1.73 bits per heavy atom. The van der Waals surface area contributed by atoms with E-state index in [0.29, 0.717) is 36.0 Å². The fourth-order valence-electron chi connectivity index (χ4n) is 2.26. The van der Waals surface area contributed by atoms with E-state index in [-0.39, 0.29) is 17.1 Å². The Bertz CT molecular complexity index is 771. The summed E-state index contributed by atoms with van der Waals surface area (Å²) in [5.74, 6) is 1.29. The zero-order valence-corrected chi connectivity index (χ0v) is 15.8. The molecule has 0 amide bonds. The summed E-state index contributed by atoms with van der Waals surface area (Å²) in [6.45, 7) is 6.06. The molecule has 2 unspecified atom stereocenters. The molecular formula is C19H24O6S. The number of rotatable bonds is 10. The normalized spacial score (nSPS) is 22.8. The SMILES string of the molecule is CC/C(=C\C=C(/C)OCC1CO1)S(=O)(=O)c1ccc(OCC2CO2)cc1. The van der Waals surface area contributed by atoms with Gasteiger partial charge in [0, 0.05) is 4.91 Å². The van der Waals surface area contributed by atoms with Gasteiger partial charge >= 0.3 is 0 Å². The minimum absolute atomic E-state index is 0.164. The van der Waals surface area contributed by atoms with E-state index in [2.05, 4.69) is 0 Å². The van der Waals surface area contributed by atoms with Crippen LogP contribution in [0.4, 0.5) is 0 Å². The predicted molar refractivity (Wildman–Crippen MR) is 96.7 cm³/mol. The van der Waals surface area contributed by atoms with Crippen molar-refractivity contribution in [3.8, 4) is 5.75 Å². The van der Waals surface area contributed by atoms with Gasteiger partial charge in [0.15, 0.2) is 0 Å². The zero-order chi connectivity index (χ0) is 18.6. The second-order valence-corrected chi connectivity index (χ2v) is 8.27. The Hall–Kier alpha value is -1.83. The molecule has 0 aliphatic carbocycles. The molecule has 2 atom stereocenters. The number of benzene rings is 1. The molecule has 0 bridgehead atoms. The van der Waals surface area contributed by atoms with Crippen LogP contribution in [0.5, 0.6) is 5.75 Å². The van der Waals surface area contributed by atoms with Gasteiger partial charge in [0.25, 0.3) is 0 Å². The minimum atomic E-state index is -3.55. The van der Waals surface area contributed by atoms with E-state index in [1.807, 2.05) is 6.92 Å². The van der Waals surface area contributed by atoms with Crippen molar-refractivity contribution < 1.29 is 27.4 Å². The molecule has 2 aliphatic heterocycles. The van der Waals surface area contributed by atoms with E-state index < -0.39 is 9.84 Å². The zero-order valence-electron chi connectivity index (χ0n) is 15.0. The Morgan fingerprint density at radius 3 is 2.31 bits per heavy atom. The molecule has 1 aromatic carbocycles. The molecule has 1 aromatic rings. The highest BCUT2D eigenvalue weighted by atomic mass is 32.2. The topological polar surface area (TPSA) is 77.7 Å². The summed E-state index contributed by atoms with van der Waals surface area (Å²) in [5, 5.41) is 0. The highest BCUT2D eigenvalue weighted by molar-refractivity contribution is 7.95. The molecule has 26 heavy (non-hydrogen) atoms. The monoisotopic (exact) mass is 380 g/mol. The van der Waals surface area contributed by atoms with Gasteiger partial charge in [-0.3, -0.25) is 0 Å². The molecular weight excluding hydrogens is 356 g/mol. The van der Waals surface area contributed by atoms with E-state index in [4.69, 9.17) is 18.9 Å². The minimum Gasteiger partial charge on any atom is -0.495 e. The Morgan fingerprint density at radius 1 is 1.12 bits per heavy atom. The van der Waals surface area contributed by atoms with Gasteiger partial charge in [-0.2, -0.15) is 0 Å². The van der Waals surface area contributed by atoms with E-state index in [9.17, 15) is 8.42 Å². The maximum absolute atomic E-state index is 12.8. The van der Waals surface area contributed by atoms with Crippen LogP contribution >= 0.6 is 0 Å². The van der Waals surface area contributed by atoms with E-state index >= 15 is 0 Å². The number of allylic oxidation sites excluding steroid dienone is 4. The fourth-order valence-corrected chi connectivity index (χ4v) is 3.69. The van der Waals surface area contributed by atoms with Crippen LogP contribution in [0.2, 0.25) is 0 Å². The number of hydrogen-bond donors (Lipinski definition) is 0. The van der Waals surface area contributed by atoms with Crippen LogP contribution in [0.25, 0.3) is 0 Å². The number of hydrogen-bond acceptors (Lipinski definition) is 6. The standard InChI is InChI=1S/C19H24O6S/c1-3-18(7-4-14(2)22-10-16-12-24-16)26(20,21)19-8-5-15(6-9-19)23-11-17-13-25-17/h4-9,16-17H,3,10-13H2,1-2H3/b14-4+,18-7+. The van der Waals surface area contributed by atoms with Crippen LogP contribution in [-0.4, -0.2) is 47.1 Å². The number of epoxide rings is 2. The van der Waals surface area contributed by atoms with E-state index in [0.717, 1.165) is 13.2 Å². The Labute approximate surface area is 154 Å². The smallest absolute Gasteiger partial charge is 0.202 e. The van der Waals surface area contributed by atoms with Crippen LogP contribution in [0.15, 0.2) is 52.0 Å². The van der Waals surface area contributed by atoms with Gasteiger partial charge in [0.05, 0.1) is 23.9 Å². The Balaban J connectivity index is 1.66. The predicted octanol–water partition coefficient (Wildman–Crippen LogP) is 2.85. The molecule has 0 radical (unpaired) electrons. The van der Waals surface area contributed by atoms with E-state index in [1.54, 1.807) is 43.3 Å². The van der Waals surface area contributed by atoms with Crippen LogP contribution < -0.4 is 4.74 Å². The molecule has 0 N–H and O–H groups in total. The van der Waals surface area contributed by atoms with Gasteiger partial charge in [-0.1, -0.05) is 6.92 Å². The summed E-state index contributed by atoms with van der Waals surface area (Å²) >= 11 is 0. The lowest BCUT2D eigenvalue weighted by atomic mass is 10.3. The first-order chi connectivity index (χ1) is 12.5. The molecule has 3 rings (SSSR count). The third kappa shape index (κ3) is 5.33. The van der Waals surface area contributed by atoms with Crippen molar-refractivity contribution in [1.29, 1.82) is 0 Å². The van der Waals surface area contributed by atoms with Crippen molar-refractivity contribution in [3.05, 3.63) is 47.1 Å². The van der Waals surface area contributed by atoms with Crippen molar-refractivity contribution >= 4 is 9.84 Å². The summed E-state index contributed by atoms with van der Waals surface area (Å²) in [5.41, 5.74) is 0. The van der Waals surface area contributed by atoms with Gasteiger partial charge in [0.1, 0.15) is 31.2 Å². The van der Waals surface area contributed by atoms with Gasteiger partial charge in [-0.15, -0.1) is 0 Å². The van der Waals surface area contributed by atoms with Crippen molar-refractivity contribution in [2.75, 3.05) is 26.4 Å². The molecule has 6 nitrogen and oxygen atoms in total. The van der Waals surface area contributed by atoms with Crippen LogP contribution in [0.3, 0.4) is 0 Å². The molecule has 2 heterocycles. The van der Waals surface area contributed by atoms with Gasteiger partial charge in [0.2, 0.25) is 9.84 Å². The van der Waals surface area contributed by atoms with Crippen molar-refractivity contribution in [2.24, 2.45) is 0 Å². The van der Waals surface area contributed by atoms with Gasteiger partial charge in [-0.25, -0.2) is 8.42 Å². The molecule has 2 saturated heterocycles. The van der Waals surface area contributed by atoms with Crippen LogP contribution in [0, 0.1) is 0 Å². The van der Waals surface area contributed by atoms with Gasteiger partial charge < -0.3 is 18.9 Å². The molecule has 2 aliphatic rings. The lowest BCUT2D eigenvalue weighted by molar-refractivity contribution is 0.185. The highest BCUT2D eigenvalue weighted by Gasteiger charge is 2.24. The van der Waals surface area contributed by atoms with Crippen LogP contribution in [0.1, 0.15) is 20.3 Å². The summed E-state index contributed by atoms with van der Waals surface area (Å²) < 4.78 is 46.9. The first-order valence-electron chi connectivity index (χ1n) is 8.70. The summed E-state index contributed by atoms with van der Waals surface area (Å²) in [6, 6.07) is 6.48. The number of ether oxygens (including phenoxy) is 4.